The highest BCUT2D eigenvalue weighted by atomic mass is 19.1. The van der Waals surface area contributed by atoms with Crippen molar-refractivity contribution in [1.29, 1.82) is 0 Å². The summed E-state index contributed by atoms with van der Waals surface area (Å²) in [5.41, 5.74) is 1.60. The van der Waals surface area contributed by atoms with E-state index in [0.717, 1.165) is 5.56 Å². The Hall–Kier alpha value is -4.00. The maximum Gasteiger partial charge on any atom is 0.296 e. The summed E-state index contributed by atoms with van der Waals surface area (Å²) in [6, 6.07) is 15.0. The third-order valence-corrected chi connectivity index (χ3v) is 5.55. The van der Waals surface area contributed by atoms with E-state index in [-0.39, 0.29) is 23.4 Å². The summed E-state index contributed by atoms with van der Waals surface area (Å²) in [5.74, 6) is -1.99. The first-order valence-electron chi connectivity index (χ1n) is 10.6. The number of Topliss-reactive ketones (excluding diaryl/α,β-unsaturated/α-hetero) is 1. The van der Waals surface area contributed by atoms with Crippen LogP contribution in [0, 0.1) is 12.7 Å². The van der Waals surface area contributed by atoms with Crippen molar-refractivity contribution in [1.82, 2.24) is 9.88 Å². The number of hydrogen-bond acceptors (Lipinski definition) is 5. The van der Waals surface area contributed by atoms with Crippen LogP contribution in [0.2, 0.25) is 0 Å². The molecule has 168 valence electrons. The van der Waals surface area contributed by atoms with Crippen LogP contribution in [0.25, 0.3) is 5.76 Å². The van der Waals surface area contributed by atoms with E-state index < -0.39 is 23.5 Å². The summed E-state index contributed by atoms with van der Waals surface area (Å²) in [5, 5.41) is 11.2. The fourth-order valence-electron chi connectivity index (χ4n) is 4.00. The number of carbonyl (C=O) groups is 2. The molecule has 0 bridgehead atoms. The molecule has 1 aromatic heterocycles. The van der Waals surface area contributed by atoms with Crippen LogP contribution in [0.1, 0.15) is 35.3 Å². The molecule has 1 N–H and O–H groups in total. The van der Waals surface area contributed by atoms with Gasteiger partial charge in [-0.2, -0.15) is 0 Å². The molecule has 1 aliphatic rings. The molecule has 2 aromatic carbocycles. The van der Waals surface area contributed by atoms with Gasteiger partial charge in [0.25, 0.3) is 11.7 Å². The lowest BCUT2D eigenvalue weighted by Crippen LogP contribution is -2.30. The molecule has 1 unspecified atom stereocenters. The minimum Gasteiger partial charge on any atom is -0.507 e. The van der Waals surface area contributed by atoms with Crippen LogP contribution in [0.5, 0.6) is 5.75 Å². The Morgan fingerprint density at radius 3 is 2.55 bits per heavy atom. The third-order valence-electron chi connectivity index (χ3n) is 5.55. The van der Waals surface area contributed by atoms with Crippen molar-refractivity contribution in [2.24, 2.45) is 0 Å². The molecular formula is C26H23FN2O4. The van der Waals surface area contributed by atoms with Gasteiger partial charge in [0.2, 0.25) is 0 Å². The second-order valence-corrected chi connectivity index (χ2v) is 7.68. The number of likely N-dealkylation sites (tertiary alicyclic amines) is 1. The Morgan fingerprint density at radius 1 is 1.12 bits per heavy atom. The molecule has 1 fully saturated rings. The molecule has 7 heteroatoms. The number of nitrogens with zero attached hydrogens (tertiary/aromatic N) is 2. The molecule has 1 amide bonds. The number of amides is 1. The summed E-state index contributed by atoms with van der Waals surface area (Å²) < 4.78 is 20.4. The molecule has 3 aromatic rings. The molecule has 0 spiro atoms. The highest BCUT2D eigenvalue weighted by molar-refractivity contribution is 6.46. The Kier molecular flexibility index (Phi) is 6.22. The van der Waals surface area contributed by atoms with Gasteiger partial charge in [0.15, 0.2) is 0 Å². The lowest BCUT2D eigenvalue weighted by atomic mass is 9.94. The van der Waals surface area contributed by atoms with Crippen LogP contribution in [-0.2, 0) is 16.1 Å². The largest absolute Gasteiger partial charge is 0.507 e. The molecule has 4 rings (SSSR count). The predicted molar refractivity (Wildman–Crippen MR) is 121 cm³/mol. The number of aliphatic hydroxyl groups excluding tert-OH is 1. The summed E-state index contributed by atoms with van der Waals surface area (Å²) >= 11 is 0. The summed E-state index contributed by atoms with van der Waals surface area (Å²) in [6.07, 6.45) is 1.58. The number of carbonyl (C=O) groups excluding carboxylic acids is 2. The fraction of sp³-hybridized carbons (Fsp3) is 0.192. The first-order chi connectivity index (χ1) is 15.9. The van der Waals surface area contributed by atoms with Crippen molar-refractivity contribution < 1.29 is 23.8 Å². The Morgan fingerprint density at radius 2 is 1.88 bits per heavy atom. The second-order valence-electron chi connectivity index (χ2n) is 7.68. The normalized spacial score (nSPS) is 17.4. The number of ketones is 1. The topological polar surface area (TPSA) is 79.7 Å². The lowest BCUT2D eigenvalue weighted by molar-refractivity contribution is -0.140. The molecule has 0 radical (unpaired) electrons. The Labute approximate surface area is 191 Å². The van der Waals surface area contributed by atoms with Crippen LogP contribution in [0.15, 0.2) is 72.4 Å². The maximum atomic E-state index is 14.9. The molecule has 0 saturated carbocycles. The van der Waals surface area contributed by atoms with Gasteiger partial charge in [-0.1, -0.05) is 24.3 Å². The number of aromatic nitrogens is 1. The Bertz CT molecular complexity index is 1240. The number of rotatable bonds is 6. The SMILES string of the molecule is CCOc1ccc(/C(O)=C2\C(=O)C(=O)N(Cc3ccccn3)C2c2ccccc2F)cc1C. The van der Waals surface area contributed by atoms with Crippen molar-refractivity contribution >= 4 is 17.4 Å². The van der Waals surface area contributed by atoms with Crippen LogP contribution in [0.3, 0.4) is 0 Å². The van der Waals surface area contributed by atoms with E-state index in [9.17, 15) is 19.1 Å². The summed E-state index contributed by atoms with van der Waals surface area (Å²) in [7, 11) is 0. The van der Waals surface area contributed by atoms with Gasteiger partial charge in [0.1, 0.15) is 17.3 Å². The molecule has 0 aliphatic carbocycles. The fourth-order valence-corrected chi connectivity index (χ4v) is 4.00. The monoisotopic (exact) mass is 446 g/mol. The first kappa shape index (κ1) is 22.2. The number of aryl methyl sites for hydroxylation is 1. The molecule has 1 aliphatic heterocycles. The standard InChI is InChI=1S/C26H23FN2O4/c1-3-33-21-12-11-17(14-16(21)2)24(30)22-23(19-9-4-5-10-20(19)27)29(26(32)25(22)31)15-18-8-6-7-13-28-18/h4-14,23,30H,3,15H2,1-2H3/b24-22+. The summed E-state index contributed by atoms with van der Waals surface area (Å²) in [6.45, 7) is 4.15. The smallest absolute Gasteiger partial charge is 0.296 e. The van der Waals surface area contributed by atoms with Crippen LogP contribution < -0.4 is 4.74 Å². The number of benzene rings is 2. The van der Waals surface area contributed by atoms with E-state index >= 15 is 0 Å². The van der Waals surface area contributed by atoms with Gasteiger partial charge in [-0.25, -0.2) is 4.39 Å². The summed E-state index contributed by atoms with van der Waals surface area (Å²) in [4.78, 5) is 31.6. The number of ether oxygens (including phenoxy) is 1. The van der Waals surface area contributed by atoms with Crippen molar-refractivity contribution in [3.63, 3.8) is 0 Å². The zero-order chi connectivity index (χ0) is 23.5. The molecule has 6 nitrogen and oxygen atoms in total. The lowest BCUT2D eigenvalue weighted by Gasteiger charge is -2.25. The zero-order valence-electron chi connectivity index (χ0n) is 18.3. The third kappa shape index (κ3) is 4.22. The van der Waals surface area contributed by atoms with Crippen LogP contribution in [-0.4, -0.2) is 33.3 Å². The highest BCUT2D eigenvalue weighted by Crippen LogP contribution is 2.41. The van der Waals surface area contributed by atoms with Crippen molar-refractivity contribution in [2.45, 2.75) is 26.4 Å². The molecular weight excluding hydrogens is 423 g/mol. The van der Waals surface area contributed by atoms with E-state index in [1.165, 1.54) is 23.1 Å². The van der Waals surface area contributed by atoms with E-state index in [1.54, 1.807) is 48.7 Å². The van der Waals surface area contributed by atoms with Crippen molar-refractivity contribution in [3.8, 4) is 5.75 Å². The van der Waals surface area contributed by atoms with Crippen LogP contribution in [0.4, 0.5) is 4.39 Å². The van der Waals surface area contributed by atoms with Crippen molar-refractivity contribution in [3.05, 3.63) is 101 Å². The van der Waals surface area contributed by atoms with Gasteiger partial charge in [0, 0.05) is 17.3 Å². The number of hydrogen-bond donors (Lipinski definition) is 1. The average molecular weight is 446 g/mol. The van der Waals surface area contributed by atoms with E-state index in [0.29, 0.717) is 23.6 Å². The van der Waals surface area contributed by atoms with Crippen LogP contribution >= 0.6 is 0 Å². The average Bonchev–Trinajstić information content (AvgIpc) is 3.06. The minimum absolute atomic E-state index is 0.0104. The highest BCUT2D eigenvalue weighted by Gasteiger charge is 2.47. The van der Waals surface area contributed by atoms with Crippen molar-refractivity contribution in [2.75, 3.05) is 6.61 Å². The Balaban J connectivity index is 1.86. The zero-order valence-corrected chi connectivity index (χ0v) is 18.3. The maximum absolute atomic E-state index is 14.9. The van der Waals surface area contributed by atoms with Gasteiger partial charge in [-0.05, 0) is 55.8 Å². The number of aliphatic hydroxyl groups is 1. The number of halogens is 1. The first-order valence-corrected chi connectivity index (χ1v) is 10.6. The van der Waals surface area contributed by atoms with Gasteiger partial charge < -0.3 is 14.7 Å². The van der Waals surface area contributed by atoms with E-state index in [4.69, 9.17) is 4.74 Å². The molecule has 2 heterocycles. The number of pyridine rings is 1. The minimum atomic E-state index is -1.10. The second kappa shape index (κ2) is 9.24. The van der Waals surface area contributed by atoms with Gasteiger partial charge >= 0.3 is 0 Å². The van der Waals surface area contributed by atoms with Gasteiger partial charge in [0.05, 0.1) is 30.5 Å². The van der Waals surface area contributed by atoms with Gasteiger partial charge in [-0.3, -0.25) is 14.6 Å². The predicted octanol–water partition coefficient (Wildman–Crippen LogP) is 4.55. The molecule has 1 saturated heterocycles. The molecule has 1 atom stereocenters. The quantitative estimate of drug-likeness (QED) is 0.341. The van der Waals surface area contributed by atoms with E-state index in [1.807, 2.05) is 13.8 Å². The van der Waals surface area contributed by atoms with E-state index in [2.05, 4.69) is 4.98 Å². The van der Waals surface area contributed by atoms with Gasteiger partial charge in [-0.15, -0.1) is 0 Å². The molecule has 33 heavy (non-hydrogen) atoms.